The van der Waals surface area contributed by atoms with Gasteiger partial charge in [-0.05, 0) is 42.5 Å². The molecule has 2 fully saturated rings. The molecule has 9 heteroatoms. The van der Waals surface area contributed by atoms with Crippen molar-refractivity contribution in [1.82, 2.24) is 15.1 Å². The number of thiophene rings is 1. The molecule has 0 N–H and O–H groups in total. The van der Waals surface area contributed by atoms with E-state index in [0.29, 0.717) is 31.4 Å². The number of amides is 2. The topological polar surface area (TPSA) is 79.5 Å². The Hall–Kier alpha value is -2.52. The smallest absolute Gasteiger partial charge is 0.257 e. The molecule has 2 aliphatic heterocycles. The van der Waals surface area contributed by atoms with Gasteiger partial charge in [-0.25, -0.2) is 0 Å². The van der Waals surface area contributed by atoms with Crippen molar-refractivity contribution >= 4 is 44.8 Å². The van der Waals surface area contributed by atoms with Crippen LogP contribution in [0.1, 0.15) is 31.1 Å². The summed E-state index contributed by atoms with van der Waals surface area (Å²) in [6.45, 7) is 1.66. The van der Waals surface area contributed by atoms with Crippen LogP contribution < -0.4 is 4.90 Å². The maximum absolute atomic E-state index is 13.2. The minimum atomic E-state index is -0.324. The number of carbonyl (C=O) groups is 2. The zero-order valence-corrected chi connectivity index (χ0v) is 19.1. The second kappa shape index (κ2) is 8.55. The van der Waals surface area contributed by atoms with Gasteiger partial charge in [0.2, 0.25) is 17.7 Å². The molecule has 4 heterocycles. The molecule has 0 saturated carbocycles. The summed E-state index contributed by atoms with van der Waals surface area (Å²) in [7, 11) is 0. The third kappa shape index (κ3) is 4.16. The Balaban J connectivity index is 1.26. The van der Waals surface area contributed by atoms with Crippen LogP contribution in [0.4, 0.5) is 5.69 Å². The fourth-order valence-corrected chi connectivity index (χ4v) is 5.33. The van der Waals surface area contributed by atoms with Crippen molar-refractivity contribution in [2.24, 2.45) is 5.92 Å². The number of nitrogens with zero attached hydrogens (tertiary/aromatic N) is 4. The molecule has 2 atom stereocenters. The number of carbonyl (C=O) groups excluding carboxylic acids is 2. The predicted molar refractivity (Wildman–Crippen MR) is 121 cm³/mol. The molecule has 7 nitrogen and oxygen atoms in total. The minimum Gasteiger partial charge on any atom is -0.420 e. The first-order chi connectivity index (χ1) is 15.1. The van der Waals surface area contributed by atoms with E-state index in [2.05, 4.69) is 26.1 Å². The van der Waals surface area contributed by atoms with Crippen molar-refractivity contribution in [3.05, 3.63) is 52.1 Å². The molecule has 1 aromatic carbocycles. The van der Waals surface area contributed by atoms with Crippen molar-refractivity contribution < 1.29 is 14.0 Å². The molecule has 31 heavy (non-hydrogen) atoms. The van der Waals surface area contributed by atoms with Crippen LogP contribution in [-0.2, 0) is 9.59 Å². The summed E-state index contributed by atoms with van der Waals surface area (Å²) < 4.78 is 6.82. The van der Waals surface area contributed by atoms with Gasteiger partial charge in [-0.3, -0.25) is 9.59 Å². The molecule has 2 unspecified atom stereocenters. The standard InChI is InChI=1S/C22H21BrN4O3S/c23-16-5-1-6-17(11-16)27-13-15(10-19(27)28)22(29)26-8-2-4-14(12-26)20-24-25-21(30-20)18-7-3-9-31-18/h1,3,5-7,9,11,14-15H,2,4,8,10,12-13H2. The second-order valence-electron chi connectivity index (χ2n) is 7.93. The average molecular weight is 501 g/mol. The lowest BCUT2D eigenvalue weighted by Gasteiger charge is -2.32. The SMILES string of the molecule is O=C(C1CC(=O)N(c2cccc(Br)c2)C1)N1CCCC(c2nnc(-c3cccs3)o2)C1. The number of aromatic nitrogens is 2. The van der Waals surface area contributed by atoms with Gasteiger partial charge in [0.05, 0.1) is 16.7 Å². The van der Waals surface area contributed by atoms with Crippen molar-refractivity contribution in [3.8, 4) is 10.8 Å². The van der Waals surface area contributed by atoms with Gasteiger partial charge in [-0.2, -0.15) is 0 Å². The highest BCUT2D eigenvalue weighted by Gasteiger charge is 2.39. The normalized spacial score (nSPS) is 21.6. The summed E-state index contributed by atoms with van der Waals surface area (Å²) in [5, 5.41) is 10.4. The van der Waals surface area contributed by atoms with Gasteiger partial charge in [0, 0.05) is 36.2 Å². The van der Waals surface area contributed by atoms with E-state index < -0.39 is 0 Å². The summed E-state index contributed by atoms with van der Waals surface area (Å²) in [4.78, 5) is 30.3. The van der Waals surface area contributed by atoms with E-state index in [-0.39, 0.29) is 30.1 Å². The van der Waals surface area contributed by atoms with Crippen molar-refractivity contribution in [3.63, 3.8) is 0 Å². The van der Waals surface area contributed by atoms with Crippen LogP contribution in [0.15, 0.2) is 50.7 Å². The van der Waals surface area contributed by atoms with Crippen LogP contribution in [0.3, 0.4) is 0 Å². The highest BCUT2D eigenvalue weighted by Crippen LogP contribution is 2.32. The lowest BCUT2D eigenvalue weighted by Crippen LogP contribution is -2.43. The summed E-state index contributed by atoms with van der Waals surface area (Å²) in [5.41, 5.74) is 0.818. The summed E-state index contributed by atoms with van der Waals surface area (Å²) in [6.07, 6.45) is 2.03. The van der Waals surface area contributed by atoms with E-state index in [1.165, 1.54) is 0 Å². The van der Waals surface area contributed by atoms with Crippen molar-refractivity contribution in [1.29, 1.82) is 0 Å². The number of hydrogen-bond acceptors (Lipinski definition) is 6. The lowest BCUT2D eigenvalue weighted by molar-refractivity contribution is -0.137. The third-order valence-corrected chi connectivity index (χ3v) is 7.20. The first-order valence-corrected chi connectivity index (χ1v) is 12.0. The van der Waals surface area contributed by atoms with E-state index in [1.54, 1.807) is 16.2 Å². The van der Waals surface area contributed by atoms with Crippen molar-refractivity contribution in [2.45, 2.75) is 25.2 Å². The Morgan fingerprint density at radius 3 is 2.90 bits per heavy atom. The summed E-state index contributed by atoms with van der Waals surface area (Å²) in [5.74, 6) is 0.835. The molecular weight excluding hydrogens is 480 g/mol. The predicted octanol–water partition coefficient (Wildman–Crippen LogP) is 4.32. The third-order valence-electron chi connectivity index (χ3n) is 5.85. The van der Waals surface area contributed by atoms with Gasteiger partial charge in [-0.1, -0.05) is 28.1 Å². The Morgan fingerprint density at radius 1 is 1.19 bits per heavy atom. The van der Waals surface area contributed by atoms with Gasteiger partial charge < -0.3 is 14.2 Å². The number of rotatable bonds is 4. The number of benzene rings is 1. The largest absolute Gasteiger partial charge is 0.420 e. The van der Waals surface area contributed by atoms with E-state index in [4.69, 9.17) is 4.42 Å². The van der Waals surface area contributed by atoms with Crippen LogP contribution in [0, 0.1) is 5.92 Å². The monoisotopic (exact) mass is 500 g/mol. The number of halogens is 1. The maximum atomic E-state index is 13.2. The molecule has 0 spiro atoms. The zero-order valence-electron chi connectivity index (χ0n) is 16.7. The highest BCUT2D eigenvalue weighted by molar-refractivity contribution is 9.10. The van der Waals surface area contributed by atoms with Gasteiger partial charge >= 0.3 is 0 Å². The molecule has 0 radical (unpaired) electrons. The van der Waals surface area contributed by atoms with Crippen LogP contribution >= 0.6 is 27.3 Å². The molecule has 2 aliphatic rings. The number of likely N-dealkylation sites (tertiary alicyclic amines) is 1. The molecule has 2 amide bonds. The van der Waals surface area contributed by atoms with Gasteiger partial charge in [0.15, 0.2) is 0 Å². The zero-order chi connectivity index (χ0) is 21.4. The fraction of sp³-hybridized carbons (Fsp3) is 0.364. The minimum absolute atomic E-state index is 0.0116. The molecule has 2 saturated heterocycles. The molecule has 5 rings (SSSR count). The molecular formula is C22H21BrN4O3S. The first-order valence-electron chi connectivity index (χ1n) is 10.3. The Morgan fingerprint density at radius 2 is 2.10 bits per heavy atom. The first kappa shape index (κ1) is 20.4. The highest BCUT2D eigenvalue weighted by atomic mass is 79.9. The lowest BCUT2D eigenvalue weighted by atomic mass is 9.96. The molecule has 0 bridgehead atoms. The van der Waals surface area contributed by atoms with Crippen LogP contribution in [0.25, 0.3) is 10.8 Å². The molecule has 0 aliphatic carbocycles. The summed E-state index contributed by atoms with van der Waals surface area (Å²) >= 11 is 5.00. The van der Waals surface area contributed by atoms with Gasteiger partial charge in [0.25, 0.3) is 5.89 Å². The van der Waals surface area contributed by atoms with Crippen LogP contribution in [0.2, 0.25) is 0 Å². The number of piperidine rings is 1. The van der Waals surface area contributed by atoms with Crippen LogP contribution in [0.5, 0.6) is 0 Å². The Kier molecular flexibility index (Phi) is 5.62. The van der Waals surface area contributed by atoms with Crippen LogP contribution in [-0.4, -0.2) is 46.5 Å². The Bertz CT molecular complexity index is 1100. The van der Waals surface area contributed by atoms with E-state index in [0.717, 1.165) is 27.9 Å². The van der Waals surface area contributed by atoms with Gasteiger partial charge in [-0.15, -0.1) is 21.5 Å². The van der Waals surface area contributed by atoms with Gasteiger partial charge in [0.1, 0.15) is 0 Å². The van der Waals surface area contributed by atoms with E-state index in [1.807, 2.05) is 46.7 Å². The fourth-order valence-electron chi connectivity index (χ4n) is 4.30. The molecule has 2 aromatic heterocycles. The number of hydrogen-bond donors (Lipinski definition) is 0. The maximum Gasteiger partial charge on any atom is 0.257 e. The summed E-state index contributed by atoms with van der Waals surface area (Å²) in [6, 6.07) is 11.5. The number of anilines is 1. The molecule has 160 valence electrons. The average Bonchev–Trinajstić information content (AvgIpc) is 3.53. The molecule has 3 aromatic rings. The van der Waals surface area contributed by atoms with E-state index in [9.17, 15) is 9.59 Å². The second-order valence-corrected chi connectivity index (χ2v) is 9.79. The van der Waals surface area contributed by atoms with E-state index >= 15 is 0 Å². The quantitative estimate of drug-likeness (QED) is 0.532. The van der Waals surface area contributed by atoms with Crippen molar-refractivity contribution in [2.75, 3.05) is 24.5 Å². The Labute approximate surface area is 192 Å².